The van der Waals surface area contributed by atoms with Crippen molar-refractivity contribution in [2.24, 2.45) is 10.2 Å². The molecule has 168 valence electrons. The minimum atomic E-state index is -4.77. The van der Waals surface area contributed by atoms with Crippen molar-refractivity contribution in [2.75, 3.05) is 5.73 Å². The van der Waals surface area contributed by atoms with Gasteiger partial charge in [0.05, 0.1) is 21.0 Å². The number of fused-ring (bicyclic) bond motifs is 1. The zero-order valence-corrected chi connectivity index (χ0v) is 21.9. The molecule has 0 aliphatic rings. The summed E-state index contributed by atoms with van der Waals surface area (Å²) >= 11 is 12.3. The molecular weight excluding hydrogens is 512 g/mol. The fourth-order valence-corrected chi connectivity index (χ4v) is 3.93. The van der Waals surface area contributed by atoms with Gasteiger partial charge in [0, 0.05) is 11.1 Å². The van der Waals surface area contributed by atoms with Gasteiger partial charge in [-0.05, 0) is 47.9 Å². The van der Waals surface area contributed by atoms with Crippen molar-refractivity contribution in [1.82, 2.24) is 0 Å². The van der Waals surface area contributed by atoms with Gasteiger partial charge in [-0.3, -0.25) is 0 Å². The molecule has 0 amide bonds. The second kappa shape index (κ2) is 10.5. The van der Waals surface area contributed by atoms with Crippen LogP contribution in [0.5, 0.6) is 17.2 Å². The van der Waals surface area contributed by atoms with E-state index in [1.54, 1.807) is 36.4 Å². The van der Waals surface area contributed by atoms with E-state index in [1.807, 2.05) is 0 Å². The number of halogens is 2. The molecule has 0 unspecified atom stereocenters. The molecule has 0 saturated heterocycles. The zero-order chi connectivity index (χ0) is 23.8. The Morgan fingerprint density at radius 3 is 2.38 bits per heavy atom. The molecule has 3 N–H and O–H groups in total. The number of hydrogen-bond acceptors (Lipinski definition) is 8. The van der Waals surface area contributed by atoms with E-state index in [4.69, 9.17) is 33.7 Å². The van der Waals surface area contributed by atoms with Crippen LogP contribution in [-0.2, 0) is 10.1 Å². The van der Waals surface area contributed by atoms with Crippen LogP contribution in [0.25, 0.3) is 10.8 Å². The monoisotopic (exact) mass is 525 g/mol. The first kappa shape index (κ1) is 26.2. The summed E-state index contributed by atoms with van der Waals surface area (Å²) in [4.78, 5) is -0.576. The van der Waals surface area contributed by atoms with E-state index in [-0.39, 0.29) is 63.1 Å². The normalized spacial score (nSPS) is 11.5. The third-order valence-corrected chi connectivity index (χ3v) is 5.96. The molecule has 0 spiro atoms. The Balaban J connectivity index is 0.00000324. The number of nitrogen functional groups attached to an aromatic ring is 1. The average molecular weight is 526 g/mol. The standard InChI is InChI=1S/C22H15Cl2N3O5S.Na/c23-13-6-8-17(20(10-13)32-19-4-2-1-3-15(19)24)26-27-22-16(25)7-5-12-9-14(33(29,30)31)11-18(28)21(12)22;/h1-11,28H,25H2,(H,29,30,31);/q;+1/p-1. The molecule has 0 fully saturated rings. The van der Waals surface area contributed by atoms with Crippen LogP contribution in [-0.4, -0.2) is 18.1 Å². The van der Waals surface area contributed by atoms with Gasteiger partial charge < -0.3 is 20.1 Å². The number of anilines is 1. The summed E-state index contributed by atoms with van der Waals surface area (Å²) in [5.74, 6) is 0.167. The Hall–Kier alpha value is -2.37. The van der Waals surface area contributed by atoms with Crippen LogP contribution in [0.15, 0.2) is 81.9 Å². The maximum atomic E-state index is 11.4. The Morgan fingerprint density at radius 2 is 1.68 bits per heavy atom. The third kappa shape index (κ3) is 5.64. The summed E-state index contributed by atoms with van der Waals surface area (Å²) in [5.41, 5.74) is 6.57. The number of azo groups is 1. The van der Waals surface area contributed by atoms with E-state index in [0.29, 0.717) is 15.8 Å². The molecule has 0 radical (unpaired) electrons. The van der Waals surface area contributed by atoms with Gasteiger partial charge in [-0.2, -0.15) is 0 Å². The maximum absolute atomic E-state index is 11.4. The smallest absolute Gasteiger partial charge is 0.744 e. The molecule has 4 rings (SSSR count). The average Bonchev–Trinajstić information content (AvgIpc) is 2.75. The van der Waals surface area contributed by atoms with Crippen LogP contribution in [0.3, 0.4) is 0 Å². The predicted molar refractivity (Wildman–Crippen MR) is 125 cm³/mol. The summed E-state index contributed by atoms with van der Waals surface area (Å²) in [6.45, 7) is 0. The van der Waals surface area contributed by atoms with Gasteiger partial charge in [0.25, 0.3) is 0 Å². The molecule has 8 nitrogen and oxygen atoms in total. The van der Waals surface area contributed by atoms with Crippen molar-refractivity contribution < 1.29 is 52.4 Å². The molecular formula is C22H14Cl2N3NaO5S. The molecule has 0 saturated carbocycles. The van der Waals surface area contributed by atoms with E-state index < -0.39 is 20.8 Å². The van der Waals surface area contributed by atoms with Gasteiger partial charge in [-0.15, -0.1) is 10.2 Å². The first-order valence-electron chi connectivity index (χ1n) is 9.28. The number of nitrogens with two attached hydrogens (primary N) is 1. The zero-order valence-electron chi connectivity index (χ0n) is 17.6. The summed E-state index contributed by atoms with van der Waals surface area (Å²) in [5, 5.41) is 19.9. The molecule has 34 heavy (non-hydrogen) atoms. The van der Waals surface area contributed by atoms with Crippen molar-refractivity contribution >= 4 is 61.2 Å². The number of benzene rings is 4. The SMILES string of the molecule is Nc1ccc2cc(S(=O)(=O)[O-])cc(O)c2c1N=Nc1ccc(Cl)cc1Oc1ccccc1Cl.[Na+]. The Morgan fingerprint density at radius 1 is 0.941 bits per heavy atom. The number of nitrogens with zero attached hydrogens (tertiary/aromatic N) is 2. The Kier molecular flexibility index (Phi) is 8.10. The van der Waals surface area contributed by atoms with Crippen LogP contribution >= 0.6 is 23.2 Å². The van der Waals surface area contributed by atoms with Gasteiger partial charge in [-0.25, -0.2) is 8.42 Å². The number of para-hydroxylation sites is 1. The second-order valence-electron chi connectivity index (χ2n) is 6.84. The molecule has 4 aromatic rings. The van der Waals surface area contributed by atoms with Crippen LogP contribution in [0.1, 0.15) is 0 Å². The quantitative estimate of drug-likeness (QED) is 0.177. The molecule has 0 aromatic heterocycles. The summed E-state index contributed by atoms with van der Waals surface area (Å²) in [7, 11) is -4.77. The van der Waals surface area contributed by atoms with Crippen LogP contribution in [0.2, 0.25) is 10.0 Å². The van der Waals surface area contributed by atoms with Crippen molar-refractivity contribution in [3.8, 4) is 17.2 Å². The van der Waals surface area contributed by atoms with Crippen LogP contribution in [0.4, 0.5) is 17.1 Å². The minimum Gasteiger partial charge on any atom is -0.744 e. The fraction of sp³-hybridized carbons (Fsp3) is 0. The van der Waals surface area contributed by atoms with E-state index in [2.05, 4.69) is 10.2 Å². The van der Waals surface area contributed by atoms with Crippen molar-refractivity contribution in [3.05, 3.63) is 76.8 Å². The maximum Gasteiger partial charge on any atom is 1.00 e. The van der Waals surface area contributed by atoms with E-state index >= 15 is 0 Å². The number of phenols is 1. The van der Waals surface area contributed by atoms with Crippen LogP contribution < -0.4 is 40.0 Å². The van der Waals surface area contributed by atoms with Gasteiger partial charge in [0.15, 0.2) is 5.75 Å². The molecule has 0 heterocycles. The molecule has 0 aliphatic carbocycles. The van der Waals surface area contributed by atoms with Gasteiger partial charge in [0.2, 0.25) is 0 Å². The number of phenolic OH excluding ortho intramolecular Hbond substituents is 1. The predicted octanol–water partition coefficient (Wildman–Crippen LogP) is 3.55. The fourth-order valence-electron chi connectivity index (χ4n) is 3.07. The number of rotatable bonds is 5. The molecule has 0 aliphatic heterocycles. The summed E-state index contributed by atoms with van der Waals surface area (Å²) in [6, 6.07) is 16.4. The number of hydrogen-bond donors (Lipinski definition) is 2. The first-order valence-corrected chi connectivity index (χ1v) is 11.4. The molecule has 4 aromatic carbocycles. The van der Waals surface area contributed by atoms with Crippen molar-refractivity contribution in [2.45, 2.75) is 4.90 Å². The summed E-state index contributed by atoms with van der Waals surface area (Å²) < 4.78 is 39.9. The first-order chi connectivity index (χ1) is 15.6. The second-order valence-corrected chi connectivity index (χ2v) is 9.07. The van der Waals surface area contributed by atoms with Gasteiger partial charge in [-0.1, -0.05) is 41.4 Å². The van der Waals surface area contributed by atoms with Crippen molar-refractivity contribution in [3.63, 3.8) is 0 Å². The molecule has 0 bridgehead atoms. The van der Waals surface area contributed by atoms with Crippen molar-refractivity contribution in [1.29, 1.82) is 0 Å². The number of ether oxygens (including phenoxy) is 1. The number of aromatic hydroxyl groups is 1. The topological polar surface area (TPSA) is 137 Å². The van der Waals surface area contributed by atoms with E-state index in [9.17, 15) is 18.1 Å². The summed E-state index contributed by atoms with van der Waals surface area (Å²) in [6.07, 6.45) is 0. The van der Waals surface area contributed by atoms with E-state index in [1.165, 1.54) is 18.2 Å². The van der Waals surface area contributed by atoms with Gasteiger partial charge >= 0.3 is 29.6 Å². The minimum absolute atomic E-state index is 0. The third-order valence-electron chi connectivity index (χ3n) is 4.60. The molecule has 12 heteroatoms. The molecule has 0 atom stereocenters. The Labute approximate surface area is 227 Å². The Bertz CT molecular complexity index is 1530. The van der Waals surface area contributed by atoms with E-state index in [0.717, 1.165) is 12.1 Å². The largest absolute Gasteiger partial charge is 1.00 e. The van der Waals surface area contributed by atoms with Gasteiger partial charge in [0.1, 0.15) is 33.0 Å². The van der Waals surface area contributed by atoms with Crippen LogP contribution in [0, 0.1) is 0 Å².